The normalized spacial score (nSPS) is 11.3. The molecule has 0 saturated carbocycles. The van der Waals surface area contributed by atoms with Gasteiger partial charge in [-0.3, -0.25) is 4.99 Å². The molecule has 0 saturated heterocycles. The molecule has 0 aliphatic rings. The first-order valence-electron chi connectivity index (χ1n) is 8.71. The molecule has 6 nitrogen and oxygen atoms in total. The van der Waals surface area contributed by atoms with Crippen LogP contribution in [0.4, 0.5) is 0 Å². The van der Waals surface area contributed by atoms with Crippen molar-refractivity contribution in [1.82, 2.24) is 20.2 Å². The Labute approximate surface area is 177 Å². The number of imidazole rings is 1. The first-order chi connectivity index (χ1) is 12.8. The number of para-hydroxylation sites is 2. The van der Waals surface area contributed by atoms with Crippen LogP contribution < -0.4 is 10.6 Å². The molecule has 0 radical (unpaired) electrons. The van der Waals surface area contributed by atoms with Gasteiger partial charge in [-0.2, -0.15) is 0 Å². The summed E-state index contributed by atoms with van der Waals surface area (Å²) >= 11 is 0. The number of aromatic nitrogens is 2. The molecular weight excluding hydrogens is 453 g/mol. The molecule has 0 fully saturated rings. The van der Waals surface area contributed by atoms with Gasteiger partial charge < -0.3 is 19.9 Å². The molecule has 27 heavy (non-hydrogen) atoms. The third-order valence-electron chi connectivity index (χ3n) is 4.19. The molecule has 144 valence electrons. The molecule has 2 N–H and O–H groups in total. The number of ether oxygens (including phenoxy) is 1. The van der Waals surface area contributed by atoms with Gasteiger partial charge in [-0.1, -0.05) is 36.4 Å². The van der Waals surface area contributed by atoms with Crippen LogP contribution in [-0.2, 0) is 17.8 Å². The predicted octanol–water partition coefficient (Wildman–Crippen LogP) is 3.01. The fourth-order valence-electron chi connectivity index (χ4n) is 2.77. The Hall–Kier alpha value is -2.13. The Morgan fingerprint density at radius 3 is 2.56 bits per heavy atom. The van der Waals surface area contributed by atoms with Crippen LogP contribution in [0, 0.1) is 0 Å². The minimum Gasteiger partial charge on any atom is -0.383 e. The third kappa shape index (κ3) is 5.93. The Kier molecular flexibility index (Phi) is 8.53. The maximum absolute atomic E-state index is 5.03. The zero-order valence-electron chi connectivity index (χ0n) is 15.7. The van der Waals surface area contributed by atoms with Gasteiger partial charge in [0.1, 0.15) is 0 Å². The van der Waals surface area contributed by atoms with Gasteiger partial charge in [0.05, 0.1) is 24.0 Å². The Morgan fingerprint density at radius 2 is 1.81 bits per heavy atom. The van der Waals surface area contributed by atoms with E-state index in [-0.39, 0.29) is 24.0 Å². The molecule has 1 aromatic heterocycles. The molecule has 3 rings (SSSR count). The number of nitrogens with one attached hydrogen (secondary N) is 2. The quantitative estimate of drug-likeness (QED) is 0.237. The first-order valence-corrected chi connectivity index (χ1v) is 8.71. The standard InChI is InChI=1S/C20H25N5O.HI/c1-21-20(22-11-12-26-2)23-13-16-7-9-17(10-8-16)14-25-15-24-18-5-3-4-6-19(18)25;/h3-10,15H,11-14H2,1-2H3,(H2,21,22,23);1H. The van der Waals surface area contributed by atoms with Crippen molar-refractivity contribution in [1.29, 1.82) is 0 Å². The maximum atomic E-state index is 5.03. The lowest BCUT2D eigenvalue weighted by atomic mass is 10.1. The van der Waals surface area contributed by atoms with Crippen LogP contribution >= 0.6 is 24.0 Å². The average molecular weight is 479 g/mol. The number of halogens is 1. The number of guanidine groups is 1. The molecular formula is C20H26IN5O. The van der Waals surface area contributed by atoms with E-state index < -0.39 is 0 Å². The highest BCUT2D eigenvalue weighted by Gasteiger charge is 2.03. The Bertz CT molecular complexity index is 860. The molecule has 0 unspecified atom stereocenters. The molecule has 7 heteroatoms. The molecule has 0 aliphatic carbocycles. The summed E-state index contributed by atoms with van der Waals surface area (Å²) in [5, 5.41) is 6.50. The Balaban J connectivity index is 0.00000261. The third-order valence-corrected chi connectivity index (χ3v) is 4.19. The number of aliphatic imine (C=N–C) groups is 1. The van der Waals surface area contributed by atoms with Crippen LogP contribution in [0.3, 0.4) is 0 Å². The molecule has 1 heterocycles. The maximum Gasteiger partial charge on any atom is 0.191 e. The van der Waals surface area contributed by atoms with Gasteiger partial charge in [0.2, 0.25) is 0 Å². The summed E-state index contributed by atoms with van der Waals surface area (Å²) in [7, 11) is 3.45. The van der Waals surface area contributed by atoms with Gasteiger partial charge in [0.15, 0.2) is 5.96 Å². The van der Waals surface area contributed by atoms with Gasteiger partial charge in [-0.15, -0.1) is 24.0 Å². The van der Waals surface area contributed by atoms with Crippen LogP contribution in [-0.4, -0.2) is 42.8 Å². The van der Waals surface area contributed by atoms with Gasteiger partial charge in [0, 0.05) is 33.8 Å². The summed E-state index contributed by atoms with van der Waals surface area (Å²) in [6.45, 7) is 2.92. The number of benzene rings is 2. The lowest BCUT2D eigenvalue weighted by Crippen LogP contribution is -2.38. The predicted molar refractivity (Wildman–Crippen MR) is 121 cm³/mol. The first kappa shape index (κ1) is 21.2. The van der Waals surface area contributed by atoms with E-state index in [1.807, 2.05) is 24.5 Å². The van der Waals surface area contributed by atoms with E-state index in [2.05, 4.69) is 55.5 Å². The van der Waals surface area contributed by atoms with Gasteiger partial charge in [-0.25, -0.2) is 4.98 Å². The van der Waals surface area contributed by atoms with E-state index in [0.29, 0.717) is 6.61 Å². The molecule has 0 aliphatic heterocycles. The van der Waals surface area contributed by atoms with Crippen molar-refractivity contribution in [2.45, 2.75) is 13.1 Å². The Morgan fingerprint density at radius 1 is 1.07 bits per heavy atom. The summed E-state index contributed by atoms with van der Waals surface area (Å²) in [6.07, 6.45) is 1.90. The minimum atomic E-state index is 0. The van der Waals surface area contributed by atoms with Crippen molar-refractivity contribution >= 4 is 41.0 Å². The molecule has 3 aromatic rings. The second-order valence-electron chi connectivity index (χ2n) is 6.02. The van der Waals surface area contributed by atoms with E-state index in [0.717, 1.165) is 36.6 Å². The van der Waals surface area contributed by atoms with Gasteiger partial charge in [0.25, 0.3) is 0 Å². The summed E-state index contributed by atoms with van der Waals surface area (Å²) in [5.41, 5.74) is 4.64. The van der Waals surface area contributed by atoms with Crippen LogP contribution in [0.5, 0.6) is 0 Å². The molecule has 0 bridgehead atoms. The summed E-state index contributed by atoms with van der Waals surface area (Å²) in [6, 6.07) is 16.8. The summed E-state index contributed by atoms with van der Waals surface area (Å²) in [5.74, 6) is 0.774. The fourth-order valence-corrected chi connectivity index (χ4v) is 2.77. The second-order valence-corrected chi connectivity index (χ2v) is 6.02. The average Bonchev–Trinajstić information content (AvgIpc) is 3.09. The lowest BCUT2D eigenvalue weighted by Gasteiger charge is -2.12. The number of nitrogens with zero attached hydrogens (tertiary/aromatic N) is 3. The van der Waals surface area contributed by atoms with Crippen LogP contribution in [0.1, 0.15) is 11.1 Å². The van der Waals surface area contributed by atoms with Crippen LogP contribution in [0.2, 0.25) is 0 Å². The zero-order chi connectivity index (χ0) is 18.2. The van der Waals surface area contributed by atoms with Crippen molar-refractivity contribution in [2.75, 3.05) is 27.3 Å². The molecule has 0 spiro atoms. The van der Waals surface area contributed by atoms with Gasteiger partial charge in [-0.05, 0) is 23.3 Å². The number of fused-ring (bicyclic) bond motifs is 1. The minimum absolute atomic E-state index is 0. The number of methoxy groups -OCH3 is 1. The number of rotatable bonds is 7. The smallest absolute Gasteiger partial charge is 0.191 e. The fraction of sp³-hybridized carbons (Fsp3) is 0.300. The van der Waals surface area contributed by atoms with E-state index in [4.69, 9.17) is 4.74 Å². The highest BCUT2D eigenvalue weighted by molar-refractivity contribution is 14.0. The van der Waals surface area contributed by atoms with E-state index in [1.54, 1.807) is 14.2 Å². The number of hydrogen-bond donors (Lipinski definition) is 2. The van der Waals surface area contributed by atoms with Crippen molar-refractivity contribution in [3.8, 4) is 0 Å². The van der Waals surface area contributed by atoms with Crippen molar-refractivity contribution in [3.05, 3.63) is 66.0 Å². The summed E-state index contributed by atoms with van der Waals surface area (Å²) < 4.78 is 7.20. The van der Waals surface area contributed by atoms with Crippen molar-refractivity contribution in [3.63, 3.8) is 0 Å². The molecule has 0 atom stereocenters. The van der Waals surface area contributed by atoms with E-state index in [1.165, 1.54) is 11.1 Å². The zero-order valence-corrected chi connectivity index (χ0v) is 18.0. The van der Waals surface area contributed by atoms with Crippen LogP contribution in [0.15, 0.2) is 59.9 Å². The molecule has 0 amide bonds. The highest BCUT2D eigenvalue weighted by Crippen LogP contribution is 2.14. The topological polar surface area (TPSA) is 63.5 Å². The van der Waals surface area contributed by atoms with Gasteiger partial charge >= 0.3 is 0 Å². The van der Waals surface area contributed by atoms with Crippen molar-refractivity contribution < 1.29 is 4.74 Å². The number of hydrogen-bond acceptors (Lipinski definition) is 3. The summed E-state index contributed by atoms with van der Waals surface area (Å²) in [4.78, 5) is 8.65. The van der Waals surface area contributed by atoms with E-state index >= 15 is 0 Å². The molecule has 2 aromatic carbocycles. The monoisotopic (exact) mass is 479 g/mol. The van der Waals surface area contributed by atoms with Crippen LogP contribution in [0.25, 0.3) is 11.0 Å². The SMILES string of the molecule is CN=C(NCCOC)NCc1ccc(Cn2cnc3ccccc32)cc1.I. The second kappa shape index (κ2) is 10.9. The lowest BCUT2D eigenvalue weighted by molar-refractivity contribution is 0.203. The van der Waals surface area contributed by atoms with E-state index in [9.17, 15) is 0 Å². The van der Waals surface area contributed by atoms with Crippen molar-refractivity contribution in [2.24, 2.45) is 4.99 Å². The largest absolute Gasteiger partial charge is 0.383 e. The highest BCUT2D eigenvalue weighted by atomic mass is 127.